The summed E-state index contributed by atoms with van der Waals surface area (Å²) in [6.45, 7) is 3.60. The van der Waals surface area contributed by atoms with E-state index in [1.165, 1.54) is 0 Å². The maximum absolute atomic E-state index is 13.2. The molecule has 0 fully saturated rings. The highest BCUT2D eigenvalue weighted by molar-refractivity contribution is 5.92. The second-order valence-corrected chi connectivity index (χ2v) is 7.09. The Morgan fingerprint density at radius 1 is 0.933 bits per heavy atom. The Hall–Kier alpha value is -3.86. The monoisotopic (exact) mass is 399 g/mol. The number of nitrogens with one attached hydrogen (secondary N) is 1. The number of hydrogen-bond acceptors (Lipinski definition) is 4. The maximum atomic E-state index is 13.2. The third-order valence-corrected chi connectivity index (χ3v) is 4.91. The van der Waals surface area contributed by atoms with Gasteiger partial charge in [0.25, 0.3) is 5.91 Å². The summed E-state index contributed by atoms with van der Waals surface area (Å²) in [4.78, 5) is 25.6. The number of carbonyl (C=O) groups excluding carboxylic acids is 1. The van der Waals surface area contributed by atoms with E-state index in [1.807, 2.05) is 68.4 Å². The zero-order valence-electron chi connectivity index (χ0n) is 16.8. The molecule has 1 N–H and O–H groups in total. The molecule has 0 unspecified atom stereocenters. The molecule has 150 valence electrons. The van der Waals surface area contributed by atoms with Crippen molar-refractivity contribution in [2.45, 2.75) is 13.8 Å². The molecule has 0 radical (unpaired) electrons. The van der Waals surface area contributed by atoms with Gasteiger partial charge in [0, 0.05) is 11.3 Å². The van der Waals surface area contributed by atoms with E-state index in [-0.39, 0.29) is 23.7 Å². The Bertz CT molecular complexity index is 1260. The van der Waals surface area contributed by atoms with Gasteiger partial charge in [-0.05, 0) is 49.2 Å². The van der Waals surface area contributed by atoms with Crippen molar-refractivity contribution in [2.75, 3.05) is 11.9 Å². The molecule has 5 heteroatoms. The second-order valence-electron chi connectivity index (χ2n) is 7.09. The number of rotatable bonds is 5. The molecule has 0 spiro atoms. The Balaban J connectivity index is 1.73. The molecule has 0 saturated heterocycles. The largest absolute Gasteiger partial charge is 0.476 e. The fourth-order valence-electron chi connectivity index (χ4n) is 3.20. The zero-order chi connectivity index (χ0) is 21.1. The van der Waals surface area contributed by atoms with Crippen LogP contribution in [0.5, 0.6) is 5.75 Å². The Morgan fingerprint density at radius 3 is 2.27 bits per heavy atom. The van der Waals surface area contributed by atoms with Crippen LogP contribution in [0.15, 0.2) is 82.0 Å². The van der Waals surface area contributed by atoms with Gasteiger partial charge in [-0.1, -0.05) is 48.5 Å². The van der Waals surface area contributed by atoms with E-state index < -0.39 is 0 Å². The molecule has 3 aromatic carbocycles. The van der Waals surface area contributed by atoms with E-state index in [4.69, 9.17) is 9.15 Å². The summed E-state index contributed by atoms with van der Waals surface area (Å²) in [5.41, 5.74) is 3.56. The minimum Gasteiger partial charge on any atom is -0.476 e. The lowest BCUT2D eigenvalue weighted by atomic mass is 10.0. The molecule has 5 nitrogen and oxygen atoms in total. The van der Waals surface area contributed by atoms with Crippen LogP contribution in [0.25, 0.3) is 22.3 Å². The molecule has 1 aromatic heterocycles. The van der Waals surface area contributed by atoms with Crippen LogP contribution in [0.3, 0.4) is 0 Å². The molecule has 4 aromatic rings. The minimum atomic E-state index is -0.361. The van der Waals surface area contributed by atoms with Gasteiger partial charge >= 0.3 is 0 Å². The number of ether oxygens (including phenoxy) is 1. The van der Waals surface area contributed by atoms with E-state index in [2.05, 4.69) is 5.32 Å². The highest BCUT2D eigenvalue weighted by Crippen LogP contribution is 2.31. The van der Waals surface area contributed by atoms with Crippen LogP contribution in [0, 0.1) is 13.8 Å². The normalized spacial score (nSPS) is 10.7. The summed E-state index contributed by atoms with van der Waals surface area (Å²) in [5.74, 6) is -0.0242. The summed E-state index contributed by atoms with van der Waals surface area (Å²) >= 11 is 0. The lowest BCUT2D eigenvalue weighted by molar-refractivity contribution is -0.118. The molecule has 0 aliphatic heterocycles. The van der Waals surface area contributed by atoms with Gasteiger partial charge in [0.15, 0.2) is 12.4 Å². The molecular weight excluding hydrogens is 378 g/mol. The number of para-hydroxylation sites is 1. The number of hydrogen-bond donors (Lipinski definition) is 1. The van der Waals surface area contributed by atoms with Crippen LogP contribution >= 0.6 is 0 Å². The molecule has 30 heavy (non-hydrogen) atoms. The van der Waals surface area contributed by atoms with Crippen LogP contribution in [0.4, 0.5) is 5.69 Å². The molecule has 0 bridgehead atoms. The fourth-order valence-corrected chi connectivity index (χ4v) is 3.20. The first-order valence-electron chi connectivity index (χ1n) is 9.64. The minimum absolute atomic E-state index is 0.0279. The van der Waals surface area contributed by atoms with Crippen molar-refractivity contribution in [1.29, 1.82) is 0 Å². The van der Waals surface area contributed by atoms with Crippen LogP contribution in [0.2, 0.25) is 0 Å². The van der Waals surface area contributed by atoms with Crippen molar-refractivity contribution in [2.24, 2.45) is 0 Å². The number of fused-ring (bicyclic) bond motifs is 1. The Morgan fingerprint density at radius 2 is 1.57 bits per heavy atom. The third-order valence-electron chi connectivity index (χ3n) is 4.91. The van der Waals surface area contributed by atoms with Gasteiger partial charge in [-0.2, -0.15) is 0 Å². The number of anilines is 1. The molecule has 4 rings (SSSR count). The van der Waals surface area contributed by atoms with Gasteiger partial charge in [-0.3, -0.25) is 9.59 Å². The number of amides is 1. The predicted molar refractivity (Wildman–Crippen MR) is 118 cm³/mol. The molecule has 1 amide bonds. The average Bonchev–Trinajstić information content (AvgIpc) is 2.76. The first kappa shape index (κ1) is 19.5. The van der Waals surface area contributed by atoms with Crippen molar-refractivity contribution in [3.05, 3.63) is 94.1 Å². The van der Waals surface area contributed by atoms with Crippen molar-refractivity contribution < 1.29 is 13.9 Å². The molecule has 0 atom stereocenters. The Kier molecular flexibility index (Phi) is 5.35. The molecule has 0 aliphatic rings. The van der Waals surface area contributed by atoms with E-state index in [1.54, 1.807) is 18.2 Å². The van der Waals surface area contributed by atoms with E-state index in [9.17, 15) is 9.59 Å². The van der Waals surface area contributed by atoms with Crippen molar-refractivity contribution in [1.82, 2.24) is 0 Å². The number of aryl methyl sites for hydroxylation is 2. The number of benzene rings is 3. The summed E-state index contributed by atoms with van der Waals surface area (Å²) in [7, 11) is 0. The van der Waals surface area contributed by atoms with Gasteiger partial charge in [0.1, 0.15) is 5.58 Å². The third kappa shape index (κ3) is 3.96. The lowest BCUT2D eigenvalue weighted by Crippen LogP contribution is -2.22. The number of carbonyl (C=O) groups is 1. The van der Waals surface area contributed by atoms with E-state index in [0.717, 1.165) is 11.1 Å². The summed E-state index contributed by atoms with van der Waals surface area (Å²) < 4.78 is 11.8. The molecule has 1 heterocycles. The quantitative estimate of drug-likeness (QED) is 0.507. The standard InChI is InChI=1S/C25H21NO4/c1-16-13-20-21(14-17(16)2)30-24(18-9-5-3-6-10-18)25(23(20)28)29-15-22(27)26-19-11-7-4-8-12-19/h3-14H,15H2,1-2H3,(H,26,27). The lowest BCUT2D eigenvalue weighted by Gasteiger charge is -2.13. The van der Waals surface area contributed by atoms with Crippen LogP contribution in [-0.4, -0.2) is 12.5 Å². The highest BCUT2D eigenvalue weighted by Gasteiger charge is 2.19. The fraction of sp³-hybridized carbons (Fsp3) is 0.120. The first-order chi connectivity index (χ1) is 14.5. The van der Waals surface area contributed by atoms with E-state index in [0.29, 0.717) is 28.0 Å². The van der Waals surface area contributed by atoms with Gasteiger partial charge in [-0.25, -0.2) is 0 Å². The summed E-state index contributed by atoms with van der Waals surface area (Å²) in [6, 6.07) is 22.0. The van der Waals surface area contributed by atoms with Crippen molar-refractivity contribution >= 4 is 22.6 Å². The van der Waals surface area contributed by atoms with Crippen molar-refractivity contribution in [3.8, 4) is 17.1 Å². The first-order valence-corrected chi connectivity index (χ1v) is 9.64. The SMILES string of the molecule is Cc1cc2oc(-c3ccccc3)c(OCC(=O)Nc3ccccc3)c(=O)c2cc1C. The predicted octanol–water partition coefficient (Wildman–Crippen LogP) is 5.09. The average molecular weight is 399 g/mol. The van der Waals surface area contributed by atoms with E-state index >= 15 is 0 Å². The summed E-state index contributed by atoms with van der Waals surface area (Å²) in [5, 5.41) is 3.18. The maximum Gasteiger partial charge on any atom is 0.262 e. The molecule has 0 aliphatic carbocycles. The smallest absolute Gasteiger partial charge is 0.262 e. The van der Waals surface area contributed by atoms with Crippen LogP contribution in [0.1, 0.15) is 11.1 Å². The van der Waals surface area contributed by atoms with Crippen molar-refractivity contribution in [3.63, 3.8) is 0 Å². The molecular formula is C25H21NO4. The highest BCUT2D eigenvalue weighted by atomic mass is 16.5. The van der Waals surface area contributed by atoms with Crippen LogP contribution < -0.4 is 15.5 Å². The van der Waals surface area contributed by atoms with Gasteiger partial charge in [0.2, 0.25) is 11.2 Å². The summed E-state index contributed by atoms with van der Waals surface area (Å²) in [6.07, 6.45) is 0. The Labute approximate surface area is 173 Å². The van der Waals surface area contributed by atoms with Gasteiger partial charge < -0.3 is 14.5 Å². The zero-order valence-corrected chi connectivity index (χ0v) is 16.8. The topological polar surface area (TPSA) is 68.5 Å². The van der Waals surface area contributed by atoms with Crippen LogP contribution in [-0.2, 0) is 4.79 Å². The second kappa shape index (κ2) is 8.25. The molecule has 0 saturated carbocycles. The van der Waals surface area contributed by atoms with Gasteiger partial charge in [0.05, 0.1) is 5.39 Å². The van der Waals surface area contributed by atoms with Gasteiger partial charge in [-0.15, -0.1) is 0 Å².